The van der Waals surface area contributed by atoms with Gasteiger partial charge in [0, 0.05) is 78.6 Å². The first-order valence-electron chi connectivity index (χ1n) is 30.1. The Morgan fingerprint density at radius 1 is 0.438 bits per heavy atom. The number of rotatable bonds is 3. The molecule has 3 aliphatic heterocycles. The van der Waals surface area contributed by atoms with Crippen molar-refractivity contribution >= 4 is 90.5 Å². The van der Waals surface area contributed by atoms with E-state index in [9.17, 15) is 0 Å². The molecule has 3 aliphatic carbocycles. The minimum Gasteiger partial charge on any atom is -0.456 e. The second-order valence-corrected chi connectivity index (χ2v) is 29.2. The Morgan fingerprint density at radius 2 is 1.04 bits per heavy atom. The van der Waals surface area contributed by atoms with E-state index in [4.69, 9.17) is 4.42 Å². The standard InChI is InChI=1S/C75H78BN3O/c1-45-37-64-68-65(38-45)78(48-26-29-51-50-21-15-18-24-66(50)80-67(51)42-48)62-41-49(79-61-32-25-46(69(2,3)4)39-58(61)74(13)33-19-20-34-75(74,79)14)28-31-59(62)76(68)60-43-56-57(73(11,12)54-23-17-16-22-53(54)72(56,9)10)44-63(60)77(64)47-27-30-52-55(40-47)71(7,8)36-35-70(52,5)6/h15-18,21-32,37-44H,19-20,33-36H2,1-14H3. The molecule has 1 aromatic heterocycles. The van der Waals surface area contributed by atoms with E-state index in [0.717, 1.165) is 40.5 Å². The van der Waals surface area contributed by atoms with Gasteiger partial charge in [-0.2, -0.15) is 0 Å². The predicted octanol–water partition coefficient (Wildman–Crippen LogP) is 18.3. The summed E-state index contributed by atoms with van der Waals surface area (Å²) in [7, 11) is 0. The molecule has 4 nitrogen and oxygen atoms in total. The predicted molar refractivity (Wildman–Crippen MR) is 340 cm³/mol. The van der Waals surface area contributed by atoms with Gasteiger partial charge in [0.2, 0.25) is 0 Å². The molecule has 0 bridgehead atoms. The molecule has 2 unspecified atom stereocenters. The second-order valence-electron chi connectivity index (χ2n) is 29.2. The van der Waals surface area contributed by atoms with Gasteiger partial charge < -0.3 is 19.1 Å². The Hall–Kier alpha value is -6.98. The number of furan rings is 1. The van der Waals surface area contributed by atoms with Gasteiger partial charge in [0.1, 0.15) is 11.2 Å². The van der Waals surface area contributed by atoms with Crippen LogP contribution in [-0.4, -0.2) is 12.3 Å². The van der Waals surface area contributed by atoms with Crippen molar-refractivity contribution in [3.8, 4) is 0 Å². The lowest BCUT2D eigenvalue weighted by Crippen LogP contribution is -2.62. The van der Waals surface area contributed by atoms with Gasteiger partial charge in [-0.1, -0.05) is 169 Å². The third kappa shape index (κ3) is 6.58. The summed E-state index contributed by atoms with van der Waals surface area (Å²) < 4.78 is 6.79. The molecule has 15 rings (SSSR count). The molecule has 0 amide bonds. The van der Waals surface area contributed by atoms with Gasteiger partial charge in [-0.25, -0.2) is 0 Å². The SMILES string of the molecule is Cc1cc2c3c(c1)N(c1ccc4c(c1)C(C)(C)CCC4(C)C)c1cc4c(cc1B3c1ccc(N3c5ccc(C(C)(C)C)cc5C5(C)CCCCC35C)cc1N2c1ccc2c(c1)oc1ccccc12)C(C)(C)c1ccccc1C4(C)C. The van der Waals surface area contributed by atoms with Crippen LogP contribution in [0.1, 0.15) is 179 Å². The fraction of sp³-hybridized carbons (Fsp3) is 0.360. The third-order valence-corrected chi connectivity index (χ3v) is 21.9. The zero-order chi connectivity index (χ0) is 55.6. The van der Waals surface area contributed by atoms with Crippen molar-refractivity contribution in [2.45, 2.75) is 173 Å². The number of nitrogens with zero attached hydrogens (tertiary/aromatic N) is 3. The zero-order valence-electron chi connectivity index (χ0n) is 49.9. The lowest BCUT2D eigenvalue weighted by atomic mass is 9.33. The largest absolute Gasteiger partial charge is 0.456 e. The smallest absolute Gasteiger partial charge is 0.252 e. The average Bonchev–Trinajstić information content (AvgIpc) is 4.05. The van der Waals surface area contributed by atoms with E-state index < -0.39 is 0 Å². The van der Waals surface area contributed by atoms with Crippen molar-refractivity contribution in [3.05, 3.63) is 196 Å². The first-order valence-corrected chi connectivity index (χ1v) is 30.1. The van der Waals surface area contributed by atoms with E-state index in [1.54, 1.807) is 0 Å². The quantitative estimate of drug-likeness (QED) is 0.165. The molecule has 0 radical (unpaired) electrons. The number of fused-ring (bicyclic) bond motifs is 13. The Bertz CT molecular complexity index is 4160. The molecular formula is C75H78BN3O. The Balaban J connectivity index is 1.03. The number of hydrogen-bond donors (Lipinski definition) is 0. The maximum Gasteiger partial charge on any atom is 0.252 e. The Morgan fingerprint density at radius 3 is 1.75 bits per heavy atom. The lowest BCUT2D eigenvalue weighted by Gasteiger charge is -2.51. The van der Waals surface area contributed by atoms with Crippen LogP contribution in [0.3, 0.4) is 0 Å². The van der Waals surface area contributed by atoms with Crippen LogP contribution < -0.4 is 31.1 Å². The first kappa shape index (κ1) is 50.0. The number of anilines is 8. The fourth-order valence-electron chi connectivity index (χ4n) is 16.9. The van der Waals surface area contributed by atoms with Crippen LogP contribution in [0.2, 0.25) is 0 Å². The summed E-state index contributed by atoms with van der Waals surface area (Å²) in [5.41, 5.74) is 28.3. The summed E-state index contributed by atoms with van der Waals surface area (Å²) in [5.74, 6) is 0. The van der Waals surface area contributed by atoms with E-state index >= 15 is 0 Å². The van der Waals surface area contributed by atoms with Crippen molar-refractivity contribution in [2.24, 2.45) is 0 Å². The molecule has 1 fully saturated rings. The summed E-state index contributed by atoms with van der Waals surface area (Å²) in [6.07, 6.45) is 7.14. The van der Waals surface area contributed by atoms with Crippen LogP contribution in [0.25, 0.3) is 21.9 Å². The van der Waals surface area contributed by atoms with E-state index in [1.165, 1.54) is 132 Å². The van der Waals surface area contributed by atoms with Crippen molar-refractivity contribution in [3.63, 3.8) is 0 Å². The van der Waals surface area contributed by atoms with Crippen LogP contribution in [0, 0.1) is 6.92 Å². The van der Waals surface area contributed by atoms with Gasteiger partial charge in [-0.15, -0.1) is 0 Å². The maximum absolute atomic E-state index is 6.79. The molecule has 4 heterocycles. The molecule has 402 valence electrons. The van der Waals surface area contributed by atoms with Crippen molar-refractivity contribution in [1.82, 2.24) is 0 Å². The van der Waals surface area contributed by atoms with E-state index in [0.29, 0.717) is 0 Å². The van der Waals surface area contributed by atoms with E-state index in [-0.39, 0.29) is 44.7 Å². The highest BCUT2D eigenvalue weighted by Gasteiger charge is 2.58. The van der Waals surface area contributed by atoms with Crippen molar-refractivity contribution in [1.29, 1.82) is 0 Å². The van der Waals surface area contributed by atoms with Crippen LogP contribution in [0.4, 0.5) is 45.5 Å². The highest BCUT2D eigenvalue weighted by molar-refractivity contribution is 7.00. The van der Waals surface area contributed by atoms with Crippen molar-refractivity contribution < 1.29 is 4.42 Å². The highest BCUT2D eigenvalue weighted by Crippen LogP contribution is 2.62. The molecule has 1 saturated carbocycles. The minimum absolute atomic E-state index is 0.00587. The summed E-state index contributed by atoms with van der Waals surface area (Å²) in [5, 5.41) is 2.29. The molecule has 0 spiro atoms. The summed E-state index contributed by atoms with van der Waals surface area (Å²) in [6, 6.07) is 57.7. The van der Waals surface area contributed by atoms with Gasteiger partial charge in [0.15, 0.2) is 0 Å². The lowest BCUT2D eigenvalue weighted by molar-refractivity contribution is 0.195. The number of hydrogen-bond acceptors (Lipinski definition) is 4. The van der Waals surface area contributed by atoms with Crippen LogP contribution in [0.15, 0.2) is 150 Å². The normalized spacial score (nSPS) is 22.2. The fourth-order valence-corrected chi connectivity index (χ4v) is 16.9. The van der Waals surface area contributed by atoms with E-state index in [2.05, 4.69) is 257 Å². The summed E-state index contributed by atoms with van der Waals surface area (Å²) in [4.78, 5) is 8.11. The molecule has 0 N–H and O–H groups in total. The van der Waals surface area contributed by atoms with Gasteiger partial charge >= 0.3 is 0 Å². The van der Waals surface area contributed by atoms with Crippen LogP contribution in [0.5, 0.6) is 0 Å². The first-order chi connectivity index (χ1) is 37.9. The maximum atomic E-state index is 6.79. The number of para-hydroxylation sites is 1. The minimum atomic E-state index is -0.230. The average molecular weight is 1050 g/mol. The molecule has 0 saturated heterocycles. The number of aryl methyl sites for hydroxylation is 1. The van der Waals surface area contributed by atoms with Gasteiger partial charge in [-0.05, 0) is 189 Å². The third-order valence-electron chi connectivity index (χ3n) is 21.9. The number of benzene rings is 8. The molecule has 80 heavy (non-hydrogen) atoms. The highest BCUT2D eigenvalue weighted by atomic mass is 16.3. The molecular weight excluding hydrogens is 970 g/mol. The summed E-state index contributed by atoms with van der Waals surface area (Å²) in [6.45, 7) is 34.2. The molecule has 6 aliphatic rings. The van der Waals surface area contributed by atoms with Crippen LogP contribution in [-0.2, 0) is 32.5 Å². The Labute approximate surface area is 476 Å². The van der Waals surface area contributed by atoms with Gasteiger partial charge in [-0.3, -0.25) is 0 Å². The monoisotopic (exact) mass is 1050 g/mol. The molecule has 2 atom stereocenters. The molecule has 9 aromatic rings. The topological polar surface area (TPSA) is 22.9 Å². The zero-order valence-corrected chi connectivity index (χ0v) is 49.9. The molecule has 8 aromatic carbocycles. The summed E-state index contributed by atoms with van der Waals surface area (Å²) >= 11 is 0. The van der Waals surface area contributed by atoms with Crippen LogP contribution >= 0.6 is 0 Å². The molecule has 5 heteroatoms. The second kappa shape index (κ2) is 16.1. The van der Waals surface area contributed by atoms with Gasteiger partial charge in [0.05, 0.1) is 5.54 Å². The van der Waals surface area contributed by atoms with E-state index in [1.807, 2.05) is 0 Å². The Kier molecular flexibility index (Phi) is 10.1. The van der Waals surface area contributed by atoms with Crippen molar-refractivity contribution in [2.75, 3.05) is 14.7 Å². The van der Waals surface area contributed by atoms with Gasteiger partial charge in [0.25, 0.3) is 6.71 Å².